The first kappa shape index (κ1) is 14.6. The van der Waals surface area contributed by atoms with Gasteiger partial charge < -0.3 is 0 Å². The lowest BCUT2D eigenvalue weighted by atomic mass is 10.0. The molecule has 0 bridgehead atoms. The molecule has 20 heavy (non-hydrogen) atoms. The van der Waals surface area contributed by atoms with Gasteiger partial charge in [-0.1, -0.05) is 6.92 Å². The van der Waals surface area contributed by atoms with Gasteiger partial charge in [0.15, 0.2) is 0 Å². The minimum atomic E-state index is -0.360. The van der Waals surface area contributed by atoms with E-state index in [0.717, 1.165) is 29.9 Å². The first-order chi connectivity index (χ1) is 9.67. The molecule has 0 radical (unpaired) electrons. The van der Waals surface area contributed by atoms with E-state index in [-0.39, 0.29) is 11.9 Å². The molecule has 5 nitrogen and oxygen atoms in total. The Morgan fingerprint density at radius 1 is 1.35 bits per heavy atom. The molecule has 2 heterocycles. The summed E-state index contributed by atoms with van der Waals surface area (Å²) in [5.41, 5.74) is 5.59. The van der Waals surface area contributed by atoms with Crippen molar-refractivity contribution in [2.75, 3.05) is 0 Å². The smallest absolute Gasteiger partial charge is 0.141 e. The monoisotopic (exact) mass is 277 g/mol. The van der Waals surface area contributed by atoms with Gasteiger partial charge in [-0.05, 0) is 31.0 Å². The number of pyridine rings is 1. The number of aryl methyl sites for hydroxylation is 2. The number of nitrogens with one attached hydrogen (secondary N) is 1. The van der Waals surface area contributed by atoms with Crippen LogP contribution in [-0.2, 0) is 19.4 Å². The Morgan fingerprint density at radius 3 is 2.75 bits per heavy atom. The molecule has 0 aliphatic rings. The summed E-state index contributed by atoms with van der Waals surface area (Å²) in [5.74, 6) is 5.24. The first-order valence-corrected chi connectivity index (χ1v) is 6.80. The molecule has 6 heteroatoms. The van der Waals surface area contributed by atoms with Crippen molar-refractivity contribution < 1.29 is 4.39 Å². The zero-order chi connectivity index (χ0) is 14.5. The lowest BCUT2D eigenvalue weighted by molar-refractivity contribution is 0.511. The Morgan fingerprint density at radius 2 is 2.15 bits per heavy atom. The van der Waals surface area contributed by atoms with Crippen LogP contribution >= 0.6 is 0 Å². The molecule has 0 fully saturated rings. The quantitative estimate of drug-likeness (QED) is 0.623. The topological polar surface area (TPSA) is 68.8 Å². The number of halogens is 1. The number of rotatable bonds is 6. The van der Waals surface area contributed by atoms with E-state index >= 15 is 0 Å². The molecule has 0 saturated heterocycles. The number of nitrogens with zero attached hydrogens (tertiary/aromatic N) is 3. The Kier molecular flexibility index (Phi) is 4.81. The average Bonchev–Trinajstić information content (AvgIpc) is 2.87. The summed E-state index contributed by atoms with van der Waals surface area (Å²) < 4.78 is 15.2. The Bertz CT molecular complexity index is 566. The molecule has 0 aliphatic carbocycles. The van der Waals surface area contributed by atoms with Crippen molar-refractivity contribution in [1.29, 1.82) is 0 Å². The number of hydrogen-bond acceptors (Lipinski definition) is 4. The van der Waals surface area contributed by atoms with Crippen molar-refractivity contribution in [3.05, 3.63) is 47.3 Å². The van der Waals surface area contributed by atoms with Crippen molar-refractivity contribution in [3.63, 3.8) is 0 Å². The highest BCUT2D eigenvalue weighted by Crippen LogP contribution is 2.18. The van der Waals surface area contributed by atoms with E-state index < -0.39 is 0 Å². The summed E-state index contributed by atoms with van der Waals surface area (Å²) in [5, 5.41) is 4.50. The molecular formula is C14H20FN5. The normalized spacial score (nSPS) is 12.6. The van der Waals surface area contributed by atoms with Crippen LogP contribution in [0.15, 0.2) is 24.5 Å². The maximum Gasteiger partial charge on any atom is 0.141 e. The third-order valence-electron chi connectivity index (χ3n) is 3.32. The van der Waals surface area contributed by atoms with Gasteiger partial charge in [0.05, 0.1) is 17.9 Å². The molecule has 3 N–H and O–H groups in total. The fraction of sp³-hybridized carbons (Fsp3) is 0.429. The molecule has 1 atom stereocenters. The summed E-state index contributed by atoms with van der Waals surface area (Å²) in [4.78, 5) is 3.87. The lowest BCUT2D eigenvalue weighted by Gasteiger charge is -2.16. The zero-order valence-electron chi connectivity index (χ0n) is 11.8. The van der Waals surface area contributed by atoms with Gasteiger partial charge >= 0.3 is 0 Å². The van der Waals surface area contributed by atoms with Crippen LogP contribution in [0.2, 0.25) is 0 Å². The van der Waals surface area contributed by atoms with Gasteiger partial charge in [-0.3, -0.25) is 20.9 Å². The number of hydrogen-bond donors (Lipinski definition) is 2. The van der Waals surface area contributed by atoms with E-state index in [1.165, 1.54) is 12.3 Å². The van der Waals surface area contributed by atoms with Crippen LogP contribution < -0.4 is 11.3 Å². The molecule has 0 amide bonds. The van der Waals surface area contributed by atoms with Crippen LogP contribution in [0.1, 0.15) is 36.8 Å². The Balaban J connectivity index is 2.24. The van der Waals surface area contributed by atoms with E-state index in [4.69, 9.17) is 5.84 Å². The van der Waals surface area contributed by atoms with E-state index in [9.17, 15) is 4.39 Å². The highest BCUT2D eigenvalue weighted by molar-refractivity contribution is 5.19. The molecular weight excluding hydrogens is 257 g/mol. The van der Waals surface area contributed by atoms with E-state index in [2.05, 4.69) is 28.5 Å². The Hall–Kier alpha value is -1.79. The third-order valence-corrected chi connectivity index (χ3v) is 3.32. The van der Waals surface area contributed by atoms with Crippen LogP contribution in [0.25, 0.3) is 0 Å². The summed E-state index contributed by atoms with van der Waals surface area (Å²) in [6.07, 6.45) is 4.34. The molecule has 0 saturated carbocycles. The predicted octanol–water partition coefficient (Wildman–Crippen LogP) is 1.75. The fourth-order valence-corrected chi connectivity index (χ4v) is 2.23. The van der Waals surface area contributed by atoms with Crippen molar-refractivity contribution >= 4 is 0 Å². The van der Waals surface area contributed by atoms with Gasteiger partial charge in [0, 0.05) is 24.9 Å². The maximum atomic E-state index is 13.3. The van der Waals surface area contributed by atoms with Gasteiger partial charge in [-0.15, -0.1) is 0 Å². The van der Waals surface area contributed by atoms with Crippen molar-refractivity contribution in [3.8, 4) is 0 Å². The summed E-state index contributed by atoms with van der Waals surface area (Å²) in [6.45, 7) is 4.92. The van der Waals surface area contributed by atoms with Gasteiger partial charge in [-0.2, -0.15) is 5.10 Å². The SMILES string of the molecule is CCc1cc(CC(NN)c2cncc(F)c2)n(CC)n1. The molecule has 1 unspecified atom stereocenters. The van der Waals surface area contributed by atoms with Gasteiger partial charge in [0.2, 0.25) is 0 Å². The first-order valence-electron chi connectivity index (χ1n) is 6.80. The van der Waals surface area contributed by atoms with Crippen LogP contribution in [-0.4, -0.2) is 14.8 Å². The zero-order valence-corrected chi connectivity index (χ0v) is 11.8. The number of nitrogens with two attached hydrogens (primary N) is 1. The minimum absolute atomic E-state index is 0.190. The van der Waals surface area contributed by atoms with Crippen molar-refractivity contribution in [1.82, 2.24) is 20.2 Å². The number of hydrazine groups is 1. The standard InChI is InChI=1S/C14H20FN5/c1-3-12-6-13(20(4-2)19-12)7-14(18-16)10-5-11(15)9-17-8-10/h5-6,8-9,14,18H,3-4,7,16H2,1-2H3. The molecule has 108 valence electrons. The summed E-state index contributed by atoms with van der Waals surface area (Å²) in [7, 11) is 0. The molecule has 2 aromatic rings. The molecule has 2 aromatic heterocycles. The van der Waals surface area contributed by atoms with Gasteiger partial charge in [-0.25, -0.2) is 4.39 Å². The summed E-state index contributed by atoms with van der Waals surface area (Å²) in [6, 6.07) is 3.33. The molecule has 0 aromatic carbocycles. The van der Waals surface area contributed by atoms with E-state index in [0.29, 0.717) is 6.42 Å². The summed E-state index contributed by atoms with van der Waals surface area (Å²) >= 11 is 0. The lowest BCUT2D eigenvalue weighted by Crippen LogP contribution is -2.30. The molecule has 0 aliphatic heterocycles. The maximum absolute atomic E-state index is 13.3. The van der Waals surface area contributed by atoms with Crippen molar-refractivity contribution in [2.24, 2.45) is 5.84 Å². The second-order valence-electron chi connectivity index (χ2n) is 4.66. The average molecular weight is 277 g/mol. The van der Waals surface area contributed by atoms with Crippen LogP contribution in [0.3, 0.4) is 0 Å². The van der Waals surface area contributed by atoms with E-state index in [1.54, 1.807) is 6.20 Å². The predicted molar refractivity (Wildman–Crippen MR) is 75.2 cm³/mol. The Labute approximate surface area is 118 Å². The molecule has 2 rings (SSSR count). The second-order valence-corrected chi connectivity index (χ2v) is 4.66. The number of aromatic nitrogens is 3. The van der Waals surface area contributed by atoms with Crippen molar-refractivity contribution in [2.45, 2.75) is 39.3 Å². The second kappa shape index (κ2) is 6.58. The van der Waals surface area contributed by atoms with Crippen LogP contribution in [0.5, 0.6) is 0 Å². The van der Waals surface area contributed by atoms with E-state index in [1.807, 2.05) is 11.6 Å². The third kappa shape index (κ3) is 3.20. The highest BCUT2D eigenvalue weighted by atomic mass is 19.1. The minimum Gasteiger partial charge on any atom is -0.271 e. The largest absolute Gasteiger partial charge is 0.271 e. The van der Waals surface area contributed by atoms with Gasteiger partial charge in [0.1, 0.15) is 5.82 Å². The van der Waals surface area contributed by atoms with Crippen LogP contribution in [0, 0.1) is 5.82 Å². The van der Waals surface area contributed by atoms with Gasteiger partial charge in [0.25, 0.3) is 0 Å². The van der Waals surface area contributed by atoms with Crippen LogP contribution in [0.4, 0.5) is 4.39 Å². The molecule has 0 spiro atoms. The highest BCUT2D eigenvalue weighted by Gasteiger charge is 2.15. The fourth-order valence-electron chi connectivity index (χ4n) is 2.23.